The molecule has 4 atom stereocenters. The monoisotopic (exact) mass is 548 g/mol. The van der Waals surface area contributed by atoms with Crippen molar-refractivity contribution in [1.29, 1.82) is 0 Å². The Bertz CT molecular complexity index is 1310. The lowest BCUT2D eigenvalue weighted by Crippen LogP contribution is -2.45. The zero-order valence-corrected chi connectivity index (χ0v) is 22.9. The highest BCUT2D eigenvalue weighted by atomic mass is 19.1. The van der Waals surface area contributed by atoms with Gasteiger partial charge in [-0.25, -0.2) is 9.18 Å². The summed E-state index contributed by atoms with van der Waals surface area (Å²) in [6.07, 6.45) is 5.66. The lowest BCUT2D eigenvalue weighted by atomic mass is 9.91. The van der Waals surface area contributed by atoms with Gasteiger partial charge in [-0.15, -0.1) is 0 Å². The van der Waals surface area contributed by atoms with Crippen LogP contribution in [-0.2, 0) is 21.7 Å². The normalized spacial score (nSPS) is 26.5. The molecule has 1 spiro atoms. The molecule has 1 saturated heterocycles. The molecule has 0 aromatic heterocycles. The van der Waals surface area contributed by atoms with Crippen LogP contribution in [0.2, 0.25) is 0 Å². The summed E-state index contributed by atoms with van der Waals surface area (Å²) in [5.41, 5.74) is 8.01. The number of nitrogens with one attached hydrogen (secondary N) is 1. The molecule has 8 nitrogen and oxygen atoms in total. The van der Waals surface area contributed by atoms with E-state index in [-0.39, 0.29) is 55.1 Å². The zero-order valence-electron chi connectivity index (χ0n) is 22.9. The smallest absolute Gasteiger partial charge is 0.411 e. The van der Waals surface area contributed by atoms with Crippen LogP contribution in [0.3, 0.4) is 0 Å². The first-order valence-electron chi connectivity index (χ1n) is 14.4. The fraction of sp³-hybridized carbons (Fsp3) is 0.516. The van der Waals surface area contributed by atoms with Gasteiger partial charge in [-0.1, -0.05) is 18.2 Å². The molecule has 4 aliphatic rings. The molecule has 1 heterocycles. The molecular formula is C31H37FN4O4. The topological polar surface area (TPSA) is 105 Å². The zero-order chi connectivity index (χ0) is 28.0. The summed E-state index contributed by atoms with van der Waals surface area (Å²) in [5.74, 6) is -0.157. The molecule has 2 saturated carbocycles. The van der Waals surface area contributed by atoms with Crippen molar-refractivity contribution in [3.8, 4) is 0 Å². The summed E-state index contributed by atoms with van der Waals surface area (Å²) in [7, 11) is 0. The number of benzene rings is 2. The van der Waals surface area contributed by atoms with Crippen LogP contribution in [0.5, 0.6) is 0 Å². The van der Waals surface area contributed by atoms with Crippen molar-refractivity contribution < 1.29 is 23.5 Å². The second-order valence-electron chi connectivity index (χ2n) is 12.1. The number of rotatable bonds is 8. The largest absolute Gasteiger partial charge is 0.435 e. The number of carbonyl (C=O) groups excluding carboxylic acids is 3. The molecule has 3 aliphatic carbocycles. The summed E-state index contributed by atoms with van der Waals surface area (Å²) in [4.78, 5) is 42.9. The molecule has 212 valence electrons. The van der Waals surface area contributed by atoms with E-state index in [1.807, 2.05) is 25.1 Å². The third kappa shape index (κ3) is 5.31. The van der Waals surface area contributed by atoms with Crippen molar-refractivity contribution in [3.63, 3.8) is 0 Å². The number of hydrogen-bond acceptors (Lipinski definition) is 6. The molecule has 2 amide bonds. The molecule has 1 aliphatic heterocycles. The van der Waals surface area contributed by atoms with Gasteiger partial charge in [0.15, 0.2) is 11.4 Å². The summed E-state index contributed by atoms with van der Waals surface area (Å²) in [6, 6.07) is 12.3. The number of ketones is 1. The van der Waals surface area contributed by atoms with Crippen LogP contribution in [-0.4, -0.2) is 58.8 Å². The van der Waals surface area contributed by atoms with Crippen LogP contribution in [0.4, 0.5) is 14.9 Å². The number of amides is 2. The third-order valence-corrected chi connectivity index (χ3v) is 9.04. The number of halogens is 1. The van der Waals surface area contributed by atoms with Crippen LogP contribution in [0.15, 0.2) is 42.5 Å². The molecule has 6 rings (SSSR count). The Balaban J connectivity index is 1.16. The van der Waals surface area contributed by atoms with E-state index in [0.29, 0.717) is 23.6 Å². The summed E-state index contributed by atoms with van der Waals surface area (Å²) >= 11 is 0. The van der Waals surface area contributed by atoms with Gasteiger partial charge < -0.3 is 20.7 Å². The van der Waals surface area contributed by atoms with Gasteiger partial charge in [-0.3, -0.25) is 14.5 Å². The van der Waals surface area contributed by atoms with Gasteiger partial charge in [-0.2, -0.15) is 0 Å². The number of ether oxygens (including phenoxy) is 1. The highest BCUT2D eigenvalue weighted by molar-refractivity contribution is 6.03. The molecule has 9 heteroatoms. The highest BCUT2D eigenvalue weighted by Crippen LogP contribution is 2.45. The van der Waals surface area contributed by atoms with E-state index in [1.54, 1.807) is 17.0 Å². The number of anilines is 1. The van der Waals surface area contributed by atoms with Gasteiger partial charge in [0.05, 0.1) is 13.0 Å². The first-order valence-corrected chi connectivity index (χ1v) is 14.4. The number of Topliss-reactive ketones (excluding diaryl/α,β-unsaturated/α-hetero) is 1. The van der Waals surface area contributed by atoms with Crippen LogP contribution in [0, 0.1) is 11.7 Å². The highest BCUT2D eigenvalue weighted by Gasteiger charge is 2.54. The Morgan fingerprint density at radius 3 is 2.67 bits per heavy atom. The van der Waals surface area contributed by atoms with Gasteiger partial charge in [-0.05, 0) is 81.2 Å². The number of nitrogens with zero attached hydrogens (tertiary/aromatic N) is 2. The predicted octanol–water partition coefficient (Wildman–Crippen LogP) is 4.57. The SMILES string of the molecule is C[C@@H](C1CC1)N(Cc1ccc(F)cc1)C(=O)CN1CC2(CC(=O)c3cc(NC4CCCC(N)C4)ccc32)OC1=O. The molecule has 3 N–H and O–H groups in total. The van der Waals surface area contributed by atoms with Crippen molar-refractivity contribution in [2.75, 3.05) is 18.4 Å². The Morgan fingerprint density at radius 2 is 1.95 bits per heavy atom. The maximum absolute atomic E-state index is 13.6. The molecule has 3 fully saturated rings. The second-order valence-corrected chi connectivity index (χ2v) is 12.1. The van der Waals surface area contributed by atoms with Crippen LogP contribution < -0.4 is 11.1 Å². The minimum absolute atomic E-state index is 0.00329. The summed E-state index contributed by atoms with van der Waals surface area (Å²) in [5, 5.41) is 3.52. The molecule has 0 radical (unpaired) electrons. The van der Waals surface area contributed by atoms with Crippen LogP contribution in [0.25, 0.3) is 0 Å². The van der Waals surface area contributed by atoms with E-state index < -0.39 is 11.7 Å². The van der Waals surface area contributed by atoms with E-state index in [4.69, 9.17) is 10.5 Å². The first kappa shape index (κ1) is 26.7. The maximum atomic E-state index is 13.6. The fourth-order valence-corrected chi connectivity index (χ4v) is 6.63. The van der Waals surface area contributed by atoms with E-state index in [2.05, 4.69) is 5.32 Å². The average molecular weight is 549 g/mol. The number of carbonyl (C=O) groups is 3. The van der Waals surface area contributed by atoms with Gasteiger partial charge in [0, 0.05) is 41.5 Å². The maximum Gasteiger partial charge on any atom is 0.411 e. The van der Waals surface area contributed by atoms with Crippen molar-refractivity contribution in [2.24, 2.45) is 11.7 Å². The fourth-order valence-electron chi connectivity index (χ4n) is 6.63. The molecule has 40 heavy (non-hydrogen) atoms. The van der Waals surface area contributed by atoms with Crippen molar-refractivity contribution in [2.45, 2.75) is 82.1 Å². The van der Waals surface area contributed by atoms with E-state index >= 15 is 0 Å². The van der Waals surface area contributed by atoms with Gasteiger partial charge in [0.25, 0.3) is 0 Å². The summed E-state index contributed by atoms with van der Waals surface area (Å²) in [6.45, 7) is 2.38. The Morgan fingerprint density at radius 1 is 1.18 bits per heavy atom. The van der Waals surface area contributed by atoms with Gasteiger partial charge in [0.2, 0.25) is 5.91 Å². The third-order valence-electron chi connectivity index (χ3n) is 9.04. The quantitative estimate of drug-likeness (QED) is 0.501. The first-order chi connectivity index (χ1) is 19.2. The molecule has 2 aromatic carbocycles. The van der Waals surface area contributed by atoms with Crippen molar-refractivity contribution in [1.82, 2.24) is 9.80 Å². The summed E-state index contributed by atoms with van der Waals surface area (Å²) < 4.78 is 19.3. The number of hydrogen-bond donors (Lipinski definition) is 2. The second kappa shape index (κ2) is 10.5. The van der Waals surface area contributed by atoms with Crippen molar-refractivity contribution >= 4 is 23.5 Å². The van der Waals surface area contributed by atoms with Gasteiger partial charge in [0.1, 0.15) is 12.4 Å². The standard InChI is InChI=1S/C31H37FN4O4/c1-19(21-7-8-21)36(16-20-5-9-22(32)10-6-20)29(38)17-35-18-31(40-30(35)39)15-28(37)26-14-25(11-12-27(26)31)34-24-4-2-3-23(33)13-24/h5-6,9-12,14,19,21,23-24,34H,2-4,7-8,13,15-18,33H2,1H3/t19-,23?,24?,31?/m0/s1. The molecular weight excluding hydrogens is 511 g/mol. The van der Waals surface area contributed by atoms with Gasteiger partial charge >= 0.3 is 6.09 Å². The van der Waals surface area contributed by atoms with Crippen LogP contribution >= 0.6 is 0 Å². The number of fused-ring (bicyclic) bond motifs is 2. The lowest BCUT2D eigenvalue weighted by Gasteiger charge is -2.31. The minimum atomic E-state index is -1.08. The van der Waals surface area contributed by atoms with E-state index in [1.165, 1.54) is 17.0 Å². The Labute approximate surface area is 234 Å². The van der Waals surface area contributed by atoms with Crippen LogP contribution in [0.1, 0.15) is 73.4 Å². The number of nitrogens with two attached hydrogens (primary N) is 1. The van der Waals surface area contributed by atoms with Crippen molar-refractivity contribution in [3.05, 3.63) is 65.0 Å². The molecule has 3 unspecified atom stereocenters. The Hall–Kier alpha value is -3.46. The molecule has 2 aromatic rings. The average Bonchev–Trinajstić information content (AvgIpc) is 3.68. The molecule has 0 bridgehead atoms. The minimum Gasteiger partial charge on any atom is -0.435 e. The predicted molar refractivity (Wildman–Crippen MR) is 148 cm³/mol. The van der Waals surface area contributed by atoms with E-state index in [9.17, 15) is 18.8 Å². The lowest BCUT2D eigenvalue weighted by molar-refractivity contribution is -0.134. The van der Waals surface area contributed by atoms with E-state index in [0.717, 1.165) is 49.8 Å². The Kier molecular flexibility index (Phi) is 7.02.